The Bertz CT molecular complexity index is 3950. The van der Waals surface area contributed by atoms with Crippen LogP contribution >= 0.6 is 0 Å². The number of nitrogens with zero attached hydrogens (tertiary/aromatic N) is 4. The van der Waals surface area contributed by atoms with Gasteiger partial charge in [0, 0.05) is 88.9 Å². The summed E-state index contributed by atoms with van der Waals surface area (Å²) in [5.74, 6) is 1.64. The molecule has 0 bridgehead atoms. The summed E-state index contributed by atoms with van der Waals surface area (Å²) in [6, 6.07) is 62.4. The van der Waals surface area contributed by atoms with Crippen molar-refractivity contribution in [3.63, 3.8) is 0 Å². The Morgan fingerprint density at radius 1 is 0.551 bits per heavy atom. The Morgan fingerprint density at radius 2 is 1.20 bits per heavy atom. The van der Waals surface area contributed by atoms with E-state index in [0.717, 1.165) is 50.1 Å². The van der Waals surface area contributed by atoms with Crippen LogP contribution in [0.1, 0.15) is 74.5 Å². The molecule has 0 amide bonds. The average Bonchev–Trinajstić information content (AvgIpc) is 4.04. The molecule has 344 valence electrons. The maximum Gasteiger partial charge on any atom is 0.135 e. The summed E-state index contributed by atoms with van der Waals surface area (Å²) in [6.07, 6.45) is 1.84. The Labute approximate surface area is 437 Å². The fourth-order valence-corrected chi connectivity index (χ4v) is 9.17. The van der Waals surface area contributed by atoms with E-state index in [-0.39, 0.29) is 37.6 Å². The van der Waals surface area contributed by atoms with E-state index in [9.17, 15) is 0 Å². The third-order valence-electron chi connectivity index (χ3n) is 12.6. The zero-order valence-corrected chi connectivity index (χ0v) is 40.3. The first-order valence-corrected chi connectivity index (χ1v) is 22.4. The second-order valence-electron chi connectivity index (χ2n) is 18.1. The van der Waals surface area contributed by atoms with Crippen LogP contribution in [0.5, 0.6) is 11.5 Å². The molecule has 69 heavy (non-hydrogen) atoms. The first-order valence-electron chi connectivity index (χ1n) is 28.4. The summed E-state index contributed by atoms with van der Waals surface area (Å²) >= 11 is 0. The number of para-hydroxylation sites is 4. The van der Waals surface area contributed by atoms with Gasteiger partial charge in [-0.2, -0.15) is 12.1 Å². The van der Waals surface area contributed by atoms with Crippen LogP contribution in [-0.2, 0) is 31.9 Å². The fraction of sp³-hybridized carbons (Fsp3) is 0.143. The van der Waals surface area contributed by atoms with E-state index in [0.29, 0.717) is 50.7 Å². The number of pyridine rings is 1. The molecule has 0 atom stereocenters. The molecule has 0 saturated heterocycles. The average molecular weight is 1090 g/mol. The number of hydrogen-bond donors (Lipinski definition) is 0. The second-order valence-corrected chi connectivity index (χ2v) is 18.1. The Balaban J connectivity index is 0.00000736. The summed E-state index contributed by atoms with van der Waals surface area (Å²) in [4.78, 5) is 8.78. The predicted octanol–water partition coefficient (Wildman–Crippen LogP) is 16.9. The summed E-state index contributed by atoms with van der Waals surface area (Å²) in [5, 5.41) is 2.04. The summed E-state index contributed by atoms with van der Waals surface area (Å²) in [6.45, 7) is -4.38. The first kappa shape index (κ1) is 33.3. The van der Waals surface area contributed by atoms with Crippen molar-refractivity contribution in [2.45, 2.75) is 59.0 Å². The SMILES string of the molecule is [2H]C([2H])([2H])c1ccccc1-c1ccc(-c2cccc(-c3cccc(C(C([2H])([2H])[2H])(C([2H])([2H])[2H])C([2H])([2H])[2H])c3)c2N2[CH-]N(c3[c-]c(Oc4[c-]c5c(cc4)c4ccccc4n5-c4cc(C(C)(C)C)ccn4)ccc3)c3ccccc32)cc1.[Pt]. The van der Waals surface area contributed by atoms with Crippen molar-refractivity contribution in [1.82, 2.24) is 9.55 Å². The third-order valence-corrected chi connectivity index (χ3v) is 12.6. The van der Waals surface area contributed by atoms with Crippen LogP contribution in [0.3, 0.4) is 0 Å². The molecule has 0 saturated carbocycles. The fourth-order valence-electron chi connectivity index (χ4n) is 9.17. The van der Waals surface area contributed by atoms with Crippen LogP contribution in [0, 0.1) is 25.7 Å². The second kappa shape index (κ2) is 18.0. The van der Waals surface area contributed by atoms with E-state index in [1.54, 1.807) is 30.3 Å². The molecule has 0 unspecified atom stereocenters. The minimum Gasteiger partial charge on any atom is -0.509 e. The van der Waals surface area contributed by atoms with E-state index in [1.807, 2.05) is 138 Å². The zero-order chi connectivity index (χ0) is 56.7. The van der Waals surface area contributed by atoms with Crippen LogP contribution in [0.25, 0.3) is 61.0 Å². The van der Waals surface area contributed by atoms with Gasteiger partial charge in [-0.15, -0.1) is 48.1 Å². The predicted molar refractivity (Wildman–Crippen MR) is 283 cm³/mol. The van der Waals surface area contributed by atoms with Gasteiger partial charge in [0.25, 0.3) is 0 Å². The third kappa shape index (κ3) is 8.55. The number of aromatic nitrogens is 2. The smallest absolute Gasteiger partial charge is 0.135 e. The first-order chi connectivity index (χ1) is 37.8. The van der Waals surface area contributed by atoms with Crippen molar-refractivity contribution in [2.24, 2.45) is 0 Å². The van der Waals surface area contributed by atoms with Gasteiger partial charge < -0.3 is 19.1 Å². The van der Waals surface area contributed by atoms with Gasteiger partial charge in [-0.25, -0.2) is 4.98 Å². The quantitative estimate of drug-likeness (QED) is 0.142. The van der Waals surface area contributed by atoms with Crippen molar-refractivity contribution in [2.75, 3.05) is 9.80 Å². The van der Waals surface area contributed by atoms with Gasteiger partial charge in [0.1, 0.15) is 5.82 Å². The standard InChI is InChI=1S/C63H53N4O.Pt/c1-42-17-8-9-22-51(42)43-29-31-44(32-30-43)52-24-16-25-53(45-18-14-19-46(37-45)62(2,3)4)61(52)66-41-65(57-27-12-13-28-58(57)66)48-20-15-21-49(39-48)68-50-33-34-55-54-23-10-11-26-56(54)67(59(55)40-50)60-38-47(35-36-64-60)63(5,6)7;/h8-38,41H,1-7H3;/q-3;/i1D3,2D3,3D3,4D3;. The summed E-state index contributed by atoms with van der Waals surface area (Å²) < 4.78 is 110. The van der Waals surface area contributed by atoms with E-state index in [1.165, 1.54) is 18.2 Å². The Kier molecular flexibility index (Phi) is 8.71. The van der Waals surface area contributed by atoms with Crippen molar-refractivity contribution in [3.05, 3.63) is 224 Å². The van der Waals surface area contributed by atoms with Crippen molar-refractivity contribution in [3.8, 4) is 50.7 Å². The van der Waals surface area contributed by atoms with Crippen LogP contribution in [0.2, 0.25) is 0 Å². The summed E-state index contributed by atoms with van der Waals surface area (Å²) in [7, 11) is 0. The number of hydrogen-bond acceptors (Lipinski definition) is 4. The monoisotopic (exact) mass is 1090 g/mol. The van der Waals surface area contributed by atoms with E-state index < -0.39 is 32.8 Å². The molecule has 6 heteroatoms. The molecule has 0 N–H and O–H groups in total. The zero-order valence-electron chi connectivity index (χ0n) is 50.0. The molecule has 11 rings (SSSR count). The number of ether oxygens (including phenoxy) is 1. The van der Waals surface area contributed by atoms with E-state index >= 15 is 0 Å². The minimum absolute atomic E-state index is 0. The van der Waals surface area contributed by atoms with Crippen molar-refractivity contribution >= 4 is 44.6 Å². The molecule has 0 aliphatic carbocycles. The molecule has 0 fully saturated rings. The van der Waals surface area contributed by atoms with Gasteiger partial charge in [0.15, 0.2) is 0 Å². The van der Waals surface area contributed by atoms with Crippen LogP contribution in [0.15, 0.2) is 188 Å². The molecular formula is C63H53N4OPt-3. The number of fused-ring (bicyclic) bond motifs is 4. The van der Waals surface area contributed by atoms with Crippen molar-refractivity contribution < 1.29 is 42.3 Å². The number of anilines is 4. The molecule has 5 nitrogen and oxygen atoms in total. The number of rotatable bonds is 8. The molecule has 0 radical (unpaired) electrons. The maximum absolute atomic E-state index is 8.54. The Hall–Kier alpha value is -7.20. The minimum atomic E-state index is -3.48. The van der Waals surface area contributed by atoms with Crippen LogP contribution in [0.4, 0.5) is 22.7 Å². The van der Waals surface area contributed by atoms with Crippen LogP contribution in [-0.4, -0.2) is 9.55 Å². The molecular weight excluding hydrogens is 1020 g/mol. The van der Waals surface area contributed by atoms with E-state index in [2.05, 4.69) is 55.7 Å². The van der Waals surface area contributed by atoms with Gasteiger partial charge in [-0.05, 0) is 92.3 Å². The molecule has 10 aromatic rings. The molecule has 1 aliphatic heterocycles. The van der Waals surface area contributed by atoms with E-state index in [4.69, 9.17) is 26.2 Å². The largest absolute Gasteiger partial charge is 0.509 e. The Morgan fingerprint density at radius 3 is 1.99 bits per heavy atom. The summed E-state index contributed by atoms with van der Waals surface area (Å²) in [5.41, 5.74) is 5.66. The molecule has 2 aromatic heterocycles. The number of aryl methyl sites for hydroxylation is 1. The van der Waals surface area contributed by atoms with Gasteiger partial charge >= 0.3 is 0 Å². The number of benzene rings is 8. The normalized spacial score (nSPS) is 15.9. The van der Waals surface area contributed by atoms with Gasteiger partial charge in [-0.1, -0.05) is 168 Å². The van der Waals surface area contributed by atoms with Gasteiger partial charge in [0.2, 0.25) is 0 Å². The van der Waals surface area contributed by atoms with Crippen molar-refractivity contribution in [1.29, 1.82) is 0 Å². The molecule has 0 spiro atoms. The molecule has 8 aromatic carbocycles. The van der Waals surface area contributed by atoms with Gasteiger partial charge in [-0.3, -0.25) is 0 Å². The molecule has 1 aliphatic rings. The topological polar surface area (TPSA) is 33.5 Å². The maximum atomic E-state index is 8.54. The van der Waals surface area contributed by atoms with Gasteiger partial charge in [0.05, 0.1) is 0 Å². The molecule has 3 heterocycles. The van der Waals surface area contributed by atoms with Crippen LogP contribution < -0.4 is 14.5 Å².